The van der Waals surface area contributed by atoms with Gasteiger partial charge in [-0.3, -0.25) is 0 Å². The van der Waals surface area contributed by atoms with Gasteiger partial charge in [-0.15, -0.1) is 4.40 Å². The Hall–Kier alpha value is -3.85. The van der Waals surface area contributed by atoms with Crippen LogP contribution in [0.1, 0.15) is 15.9 Å². The number of carbonyl (C=O) groups is 1. The molecule has 0 N–H and O–H groups in total. The summed E-state index contributed by atoms with van der Waals surface area (Å²) in [6.45, 7) is 0.231. The van der Waals surface area contributed by atoms with Crippen LogP contribution in [0.15, 0.2) is 88.2 Å². The van der Waals surface area contributed by atoms with Gasteiger partial charge >= 0.3 is 5.97 Å². The first-order valence-corrected chi connectivity index (χ1v) is 12.0. The van der Waals surface area contributed by atoms with Gasteiger partial charge in [0.1, 0.15) is 23.0 Å². The zero-order chi connectivity index (χ0) is 24.1. The van der Waals surface area contributed by atoms with Crippen LogP contribution in [0.2, 0.25) is 0 Å². The highest BCUT2D eigenvalue weighted by molar-refractivity contribution is 7.90. The van der Waals surface area contributed by atoms with Crippen molar-refractivity contribution < 1.29 is 27.4 Å². The van der Waals surface area contributed by atoms with E-state index >= 15 is 0 Å². The van der Waals surface area contributed by atoms with Gasteiger partial charge in [-0.25, -0.2) is 4.79 Å². The smallest absolute Gasteiger partial charge is 0.338 e. The van der Waals surface area contributed by atoms with Crippen LogP contribution in [0, 0.1) is 0 Å². The van der Waals surface area contributed by atoms with E-state index in [1.54, 1.807) is 73.7 Å². The van der Waals surface area contributed by atoms with Gasteiger partial charge in [0.15, 0.2) is 11.9 Å². The highest BCUT2D eigenvalue weighted by Gasteiger charge is 2.32. The molecule has 1 aliphatic rings. The number of para-hydroxylation sites is 1. The molecule has 4 rings (SSSR count). The number of ether oxygens (including phenoxy) is 3. The summed E-state index contributed by atoms with van der Waals surface area (Å²) in [5.41, 5.74) is 0.869. The number of hydrogen-bond acceptors (Lipinski definition) is 7. The standard InChI is InChI=1S/C25H24N2O6S/c1-27(24-22-10-6-7-11-23(22)34(29,30)26-24)16-21(17-32-20-8-4-3-5-9-20)33-25(28)18-12-14-19(31-2)15-13-18/h3-15,21H,16-17H2,1-2H3/t21-/m0/s1. The van der Waals surface area contributed by atoms with Crippen LogP contribution in [0.4, 0.5) is 0 Å². The van der Waals surface area contributed by atoms with Crippen LogP contribution in [-0.4, -0.2) is 58.5 Å². The predicted octanol–water partition coefficient (Wildman–Crippen LogP) is 3.38. The van der Waals surface area contributed by atoms with E-state index < -0.39 is 22.1 Å². The molecule has 1 aliphatic heterocycles. The second-order valence-corrected chi connectivity index (χ2v) is 9.22. The molecule has 0 saturated carbocycles. The molecular weight excluding hydrogens is 456 g/mol. The lowest BCUT2D eigenvalue weighted by molar-refractivity contribution is 0.0130. The van der Waals surface area contributed by atoms with E-state index in [1.165, 1.54) is 6.07 Å². The van der Waals surface area contributed by atoms with Crippen molar-refractivity contribution in [2.24, 2.45) is 4.40 Å². The SMILES string of the molecule is COc1ccc(C(=O)O[C@H](COc2ccccc2)CN(C)C2=NS(=O)(=O)c3ccccc32)cc1. The Bertz CT molecular complexity index is 1290. The first-order valence-electron chi connectivity index (χ1n) is 10.6. The van der Waals surface area contributed by atoms with Crippen molar-refractivity contribution in [1.29, 1.82) is 0 Å². The highest BCUT2D eigenvalue weighted by atomic mass is 32.2. The fourth-order valence-corrected chi connectivity index (χ4v) is 4.78. The lowest BCUT2D eigenvalue weighted by atomic mass is 10.2. The fraction of sp³-hybridized carbons (Fsp3) is 0.200. The maximum atomic E-state index is 12.8. The third-order valence-electron chi connectivity index (χ3n) is 5.23. The molecule has 0 amide bonds. The minimum Gasteiger partial charge on any atom is -0.497 e. The van der Waals surface area contributed by atoms with Gasteiger partial charge in [-0.05, 0) is 48.5 Å². The number of benzene rings is 3. The maximum Gasteiger partial charge on any atom is 0.338 e. The third kappa shape index (κ3) is 5.20. The molecular formula is C25H24N2O6S. The molecule has 0 bridgehead atoms. The molecule has 0 aliphatic carbocycles. The second-order valence-electron chi connectivity index (χ2n) is 7.65. The van der Waals surface area contributed by atoms with Gasteiger partial charge in [-0.2, -0.15) is 8.42 Å². The summed E-state index contributed by atoms with van der Waals surface area (Å²) in [6, 6.07) is 22.4. The molecule has 3 aromatic rings. The maximum absolute atomic E-state index is 12.8. The Morgan fingerprint density at radius 3 is 2.32 bits per heavy atom. The number of amidine groups is 1. The average molecular weight is 481 g/mol. The molecule has 0 radical (unpaired) electrons. The summed E-state index contributed by atoms with van der Waals surface area (Å²) in [6.07, 6.45) is -0.710. The minimum absolute atomic E-state index is 0.0674. The van der Waals surface area contributed by atoms with Gasteiger partial charge in [0.05, 0.1) is 19.2 Å². The number of esters is 1. The summed E-state index contributed by atoms with van der Waals surface area (Å²) in [4.78, 5) is 14.6. The van der Waals surface area contributed by atoms with Gasteiger partial charge in [0, 0.05) is 12.6 Å². The molecule has 1 heterocycles. The normalized spacial score (nSPS) is 14.5. The summed E-state index contributed by atoms with van der Waals surface area (Å²) in [5, 5.41) is 0. The number of rotatable bonds is 8. The third-order valence-corrected chi connectivity index (χ3v) is 6.56. The number of methoxy groups -OCH3 is 1. The van der Waals surface area contributed by atoms with Crippen molar-refractivity contribution in [3.8, 4) is 11.5 Å². The Labute approximate surface area is 198 Å². The van der Waals surface area contributed by atoms with Crippen molar-refractivity contribution >= 4 is 21.8 Å². The van der Waals surface area contributed by atoms with E-state index in [-0.39, 0.29) is 18.0 Å². The number of fused-ring (bicyclic) bond motifs is 1. The molecule has 0 saturated heterocycles. The van der Waals surface area contributed by atoms with E-state index in [4.69, 9.17) is 14.2 Å². The Morgan fingerprint density at radius 1 is 0.941 bits per heavy atom. The number of hydrogen-bond donors (Lipinski definition) is 0. The summed E-state index contributed by atoms with van der Waals surface area (Å²) in [7, 11) is -0.521. The fourth-order valence-electron chi connectivity index (χ4n) is 3.53. The molecule has 1 atom stereocenters. The van der Waals surface area contributed by atoms with Gasteiger partial charge in [0.25, 0.3) is 10.0 Å². The highest BCUT2D eigenvalue weighted by Crippen LogP contribution is 2.27. The molecule has 3 aromatic carbocycles. The van der Waals surface area contributed by atoms with E-state index in [1.807, 2.05) is 18.2 Å². The van der Waals surface area contributed by atoms with Crippen LogP contribution in [0.25, 0.3) is 0 Å². The van der Waals surface area contributed by atoms with Gasteiger partial charge in [-0.1, -0.05) is 30.3 Å². The molecule has 176 valence electrons. The van der Waals surface area contributed by atoms with Gasteiger partial charge < -0.3 is 19.1 Å². The van der Waals surface area contributed by atoms with E-state index in [0.717, 1.165) is 0 Å². The Morgan fingerprint density at radius 2 is 1.62 bits per heavy atom. The van der Waals surface area contributed by atoms with Crippen molar-refractivity contribution in [3.63, 3.8) is 0 Å². The molecule has 34 heavy (non-hydrogen) atoms. The number of carbonyl (C=O) groups excluding carboxylic acids is 1. The molecule has 0 fully saturated rings. The Balaban J connectivity index is 1.53. The molecule has 0 unspecified atom stereocenters. The monoisotopic (exact) mass is 480 g/mol. The van der Waals surface area contributed by atoms with Gasteiger partial charge in [0.2, 0.25) is 0 Å². The number of sulfonamides is 1. The zero-order valence-corrected chi connectivity index (χ0v) is 19.6. The lowest BCUT2D eigenvalue weighted by Gasteiger charge is -2.26. The van der Waals surface area contributed by atoms with Crippen molar-refractivity contribution in [2.45, 2.75) is 11.0 Å². The van der Waals surface area contributed by atoms with Crippen molar-refractivity contribution in [3.05, 3.63) is 90.0 Å². The van der Waals surface area contributed by atoms with E-state index in [0.29, 0.717) is 28.5 Å². The van der Waals surface area contributed by atoms with Crippen LogP contribution in [0.3, 0.4) is 0 Å². The van der Waals surface area contributed by atoms with E-state index in [9.17, 15) is 13.2 Å². The zero-order valence-electron chi connectivity index (χ0n) is 18.7. The lowest BCUT2D eigenvalue weighted by Crippen LogP contribution is -2.39. The summed E-state index contributed by atoms with van der Waals surface area (Å²) >= 11 is 0. The van der Waals surface area contributed by atoms with Crippen LogP contribution in [-0.2, 0) is 14.8 Å². The molecule has 8 nitrogen and oxygen atoms in total. The average Bonchev–Trinajstić information content (AvgIpc) is 3.14. The van der Waals surface area contributed by atoms with Crippen LogP contribution >= 0.6 is 0 Å². The second kappa shape index (κ2) is 9.96. The number of likely N-dealkylation sites (N-methyl/N-ethyl adjacent to an activating group) is 1. The van der Waals surface area contributed by atoms with Crippen molar-refractivity contribution in [2.75, 3.05) is 27.3 Å². The minimum atomic E-state index is -3.77. The quantitative estimate of drug-likeness (QED) is 0.456. The summed E-state index contributed by atoms with van der Waals surface area (Å²) in [5.74, 6) is 1.01. The van der Waals surface area contributed by atoms with E-state index in [2.05, 4.69) is 4.40 Å². The Kier molecular flexibility index (Phi) is 6.83. The van der Waals surface area contributed by atoms with Crippen molar-refractivity contribution in [1.82, 2.24) is 4.90 Å². The first kappa shape index (κ1) is 23.3. The predicted molar refractivity (Wildman–Crippen MR) is 127 cm³/mol. The molecule has 0 spiro atoms. The topological polar surface area (TPSA) is 94.5 Å². The first-order chi connectivity index (χ1) is 16.4. The molecule has 0 aromatic heterocycles. The van der Waals surface area contributed by atoms with Crippen LogP contribution < -0.4 is 9.47 Å². The summed E-state index contributed by atoms with van der Waals surface area (Å²) < 4.78 is 45.5. The number of nitrogens with zero attached hydrogens (tertiary/aromatic N) is 2. The largest absolute Gasteiger partial charge is 0.497 e. The van der Waals surface area contributed by atoms with Crippen LogP contribution in [0.5, 0.6) is 11.5 Å². The molecule has 9 heteroatoms.